The van der Waals surface area contributed by atoms with Gasteiger partial charge in [0.2, 0.25) is 5.91 Å². The molecule has 3 rings (SSSR count). The summed E-state index contributed by atoms with van der Waals surface area (Å²) in [4.78, 5) is 28.3. The third kappa shape index (κ3) is 4.91. The first-order chi connectivity index (χ1) is 12.6. The van der Waals surface area contributed by atoms with Crippen LogP contribution in [0.1, 0.15) is 15.9 Å². The van der Waals surface area contributed by atoms with Crippen LogP contribution in [0.15, 0.2) is 73.1 Å². The number of pyridine rings is 1. The van der Waals surface area contributed by atoms with Crippen molar-refractivity contribution in [1.82, 2.24) is 4.98 Å². The average molecular weight is 366 g/mol. The number of halogens is 1. The summed E-state index contributed by atoms with van der Waals surface area (Å²) in [5.41, 5.74) is 2.52. The van der Waals surface area contributed by atoms with Gasteiger partial charge in [-0.3, -0.25) is 14.6 Å². The Bertz CT molecular complexity index is 912. The molecule has 0 spiro atoms. The van der Waals surface area contributed by atoms with Crippen LogP contribution in [0.25, 0.3) is 0 Å². The van der Waals surface area contributed by atoms with Crippen molar-refractivity contribution in [2.45, 2.75) is 6.42 Å². The highest BCUT2D eigenvalue weighted by Gasteiger charge is 2.08. The van der Waals surface area contributed by atoms with Crippen LogP contribution in [0.2, 0.25) is 5.02 Å². The minimum Gasteiger partial charge on any atom is -0.326 e. The maximum absolute atomic E-state index is 12.2. The summed E-state index contributed by atoms with van der Waals surface area (Å²) in [5.74, 6) is -0.411. The number of hydrogen-bond donors (Lipinski definition) is 2. The van der Waals surface area contributed by atoms with E-state index in [9.17, 15) is 9.59 Å². The summed E-state index contributed by atoms with van der Waals surface area (Å²) in [6, 6.07) is 17.5. The zero-order valence-corrected chi connectivity index (χ0v) is 14.5. The van der Waals surface area contributed by atoms with E-state index in [1.807, 2.05) is 12.1 Å². The number of benzene rings is 2. The zero-order chi connectivity index (χ0) is 18.4. The molecule has 2 N–H and O–H groups in total. The predicted octanol–water partition coefficient (Wildman–Crippen LogP) is 4.17. The number of nitrogens with zero attached hydrogens (tertiary/aromatic N) is 1. The van der Waals surface area contributed by atoms with E-state index in [-0.39, 0.29) is 18.2 Å². The van der Waals surface area contributed by atoms with Crippen molar-refractivity contribution in [3.8, 4) is 0 Å². The molecule has 26 heavy (non-hydrogen) atoms. The van der Waals surface area contributed by atoms with Gasteiger partial charge in [0.15, 0.2) is 0 Å². The lowest BCUT2D eigenvalue weighted by Crippen LogP contribution is -2.15. The molecule has 6 heteroatoms. The third-order valence-electron chi connectivity index (χ3n) is 3.61. The third-order valence-corrected chi connectivity index (χ3v) is 3.86. The molecule has 0 fully saturated rings. The molecular weight excluding hydrogens is 350 g/mol. The SMILES string of the molecule is O=C(Cc1ccc(Cl)cc1)Nc1cccc(NC(=O)c2cccnc2)c1. The van der Waals surface area contributed by atoms with E-state index in [1.54, 1.807) is 54.7 Å². The molecule has 1 heterocycles. The molecule has 1 aromatic heterocycles. The van der Waals surface area contributed by atoms with Crippen molar-refractivity contribution in [3.05, 3.63) is 89.2 Å². The summed E-state index contributed by atoms with van der Waals surface area (Å²) in [6.07, 6.45) is 3.34. The number of hydrogen-bond acceptors (Lipinski definition) is 3. The van der Waals surface area contributed by atoms with Crippen molar-refractivity contribution in [2.75, 3.05) is 10.6 Å². The van der Waals surface area contributed by atoms with E-state index in [0.717, 1.165) is 5.56 Å². The van der Waals surface area contributed by atoms with Gasteiger partial charge in [-0.2, -0.15) is 0 Å². The Labute approximate surface area is 156 Å². The highest BCUT2D eigenvalue weighted by Crippen LogP contribution is 2.17. The molecule has 0 atom stereocenters. The van der Waals surface area contributed by atoms with Crippen LogP contribution in [-0.4, -0.2) is 16.8 Å². The van der Waals surface area contributed by atoms with E-state index in [0.29, 0.717) is 22.0 Å². The van der Waals surface area contributed by atoms with Crippen molar-refractivity contribution in [3.63, 3.8) is 0 Å². The summed E-state index contributed by atoms with van der Waals surface area (Å²) >= 11 is 5.84. The number of carbonyl (C=O) groups is 2. The molecule has 2 aromatic carbocycles. The summed E-state index contributed by atoms with van der Waals surface area (Å²) in [7, 11) is 0. The lowest BCUT2D eigenvalue weighted by Gasteiger charge is -2.09. The van der Waals surface area contributed by atoms with E-state index in [4.69, 9.17) is 11.6 Å². The first kappa shape index (κ1) is 17.6. The van der Waals surface area contributed by atoms with Crippen LogP contribution in [0.5, 0.6) is 0 Å². The minimum absolute atomic E-state index is 0.150. The summed E-state index contributed by atoms with van der Waals surface area (Å²) < 4.78 is 0. The molecule has 0 bridgehead atoms. The monoisotopic (exact) mass is 365 g/mol. The second-order valence-electron chi connectivity index (χ2n) is 5.63. The zero-order valence-electron chi connectivity index (χ0n) is 13.8. The topological polar surface area (TPSA) is 71.1 Å². The fraction of sp³-hybridized carbons (Fsp3) is 0.0500. The normalized spacial score (nSPS) is 10.2. The molecule has 0 aliphatic rings. The smallest absolute Gasteiger partial charge is 0.257 e. The largest absolute Gasteiger partial charge is 0.326 e. The second-order valence-corrected chi connectivity index (χ2v) is 6.06. The number of amides is 2. The van der Waals surface area contributed by atoms with Crippen LogP contribution in [0, 0.1) is 0 Å². The molecule has 5 nitrogen and oxygen atoms in total. The van der Waals surface area contributed by atoms with Crippen LogP contribution in [-0.2, 0) is 11.2 Å². The van der Waals surface area contributed by atoms with Gasteiger partial charge in [-0.1, -0.05) is 29.8 Å². The number of rotatable bonds is 5. The number of anilines is 2. The van der Waals surface area contributed by atoms with Crippen molar-refractivity contribution in [1.29, 1.82) is 0 Å². The van der Waals surface area contributed by atoms with Crippen molar-refractivity contribution in [2.24, 2.45) is 0 Å². The van der Waals surface area contributed by atoms with Gasteiger partial charge in [0.25, 0.3) is 5.91 Å². The Morgan fingerprint density at radius 1 is 0.923 bits per heavy atom. The standard InChI is InChI=1S/C20H16ClN3O2/c21-16-8-6-14(7-9-16)11-19(25)23-17-4-1-5-18(12-17)24-20(26)15-3-2-10-22-13-15/h1-10,12-13H,11H2,(H,23,25)(H,24,26). The fourth-order valence-electron chi connectivity index (χ4n) is 2.37. The molecule has 0 saturated heterocycles. The molecule has 2 amide bonds. The van der Waals surface area contributed by atoms with E-state index in [2.05, 4.69) is 15.6 Å². The molecule has 0 aliphatic heterocycles. The molecular formula is C20H16ClN3O2. The number of nitrogens with one attached hydrogen (secondary N) is 2. The Hall–Kier alpha value is -3.18. The van der Waals surface area contributed by atoms with E-state index < -0.39 is 0 Å². The van der Waals surface area contributed by atoms with Gasteiger partial charge in [0.1, 0.15) is 0 Å². The van der Waals surface area contributed by atoms with Crippen LogP contribution < -0.4 is 10.6 Å². The fourth-order valence-corrected chi connectivity index (χ4v) is 2.49. The van der Waals surface area contributed by atoms with Crippen LogP contribution >= 0.6 is 11.6 Å². The maximum Gasteiger partial charge on any atom is 0.257 e. The van der Waals surface area contributed by atoms with Gasteiger partial charge in [0.05, 0.1) is 12.0 Å². The first-order valence-electron chi connectivity index (χ1n) is 7.96. The lowest BCUT2D eigenvalue weighted by molar-refractivity contribution is -0.115. The maximum atomic E-state index is 12.2. The van der Waals surface area contributed by atoms with E-state index >= 15 is 0 Å². The molecule has 130 valence electrons. The Balaban J connectivity index is 1.62. The number of aromatic nitrogens is 1. The van der Waals surface area contributed by atoms with Gasteiger partial charge in [-0.25, -0.2) is 0 Å². The first-order valence-corrected chi connectivity index (χ1v) is 8.34. The van der Waals surface area contributed by atoms with Crippen LogP contribution in [0.4, 0.5) is 11.4 Å². The number of carbonyl (C=O) groups excluding carboxylic acids is 2. The van der Waals surface area contributed by atoms with E-state index in [1.165, 1.54) is 6.20 Å². The summed E-state index contributed by atoms with van der Waals surface area (Å²) in [6.45, 7) is 0. The molecule has 0 radical (unpaired) electrons. The Kier molecular flexibility index (Phi) is 5.61. The minimum atomic E-state index is -0.261. The Morgan fingerprint density at radius 2 is 1.65 bits per heavy atom. The Morgan fingerprint density at radius 3 is 2.35 bits per heavy atom. The van der Waals surface area contributed by atoms with Gasteiger partial charge in [0, 0.05) is 28.8 Å². The highest BCUT2D eigenvalue weighted by atomic mass is 35.5. The van der Waals surface area contributed by atoms with Crippen molar-refractivity contribution >= 4 is 34.8 Å². The van der Waals surface area contributed by atoms with Gasteiger partial charge in [-0.05, 0) is 48.0 Å². The molecule has 0 saturated carbocycles. The highest BCUT2D eigenvalue weighted by molar-refractivity contribution is 6.30. The van der Waals surface area contributed by atoms with Crippen molar-refractivity contribution < 1.29 is 9.59 Å². The lowest BCUT2D eigenvalue weighted by atomic mass is 10.1. The molecule has 3 aromatic rings. The van der Waals surface area contributed by atoms with Gasteiger partial charge >= 0.3 is 0 Å². The van der Waals surface area contributed by atoms with Gasteiger partial charge in [-0.15, -0.1) is 0 Å². The second kappa shape index (κ2) is 8.27. The van der Waals surface area contributed by atoms with Crippen LogP contribution in [0.3, 0.4) is 0 Å². The quantitative estimate of drug-likeness (QED) is 0.712. The molecule has 0 aliphatic carbocycles. The average Bonchev–Trinajstić information content (AvgIpc) is 2.64. The summed E-state index contributed by atoms with van der Waals surface area (Å²) in [5, 5.41) is 6.24. The molecule has 0 unspecified atom stereocenters. The predicted molar refractivity (Wildman–Crippen MR) is 102 cm³/mol. The van der Waals surface area contributed by atoms with Gasteiger partial charge < -0.3 is 10.6 Å².